The molecule has 4 heteroatoms. The molecule has 4 nitrogen and oxygen atoms in total. The minimum atomic E-state index is -0.258. The molecule has 0 atom stereocenters. The van der Waals surface area contributed by atoms with Crippen LogP contribution >= 0.6 is 0 Å². The molecule has 18 heavy (non-hydrogen) atoms. The number of likely N-dealkylation sites (N-methyl/N-ethyl adjacent to an activating group) is 1. The van der Waals surface area contributed by atoms with E-state index >= 15 is 0 Å². The molecule has 1 aromatic carbocycles. The molecule has 0 aliphatic rings. The first-order valence-electron chi connectivity index (χ1n) is 5.91. The molecule has 0 spiro atoms. The van der Waals surface area contributed by atoms with E-state index in [9.17, 15) is 4.79 Å². The summed E-state index contributed by atoms with van der Waals surface area (Å²) in [6.45, 7) is 2.91. The van der Waals surface area contributed by atoms with Gasteiger partial charge in [0.2, 0.25) is 0 Å². The molecule has 2 rings (SSSR count). The smallest absolute Gasteiger partial charge is 0.325 e. The standard InChI is InChI=1S/C14H16N2O2/c1-3-16(10-13(17)18-2)14-12-7-5-4-6-11(12)8-9-15-14/h4-9H,3,10H2,1-2H3. The van der Waals surface area contributed by atoms with Gasteiger partial charge in [0.1, 0.15) is 12.4 Å². The molecule has 0 aliphatic heterocycles. The first kappa shape index (κ1) is 12.4. The summed E-state index contributed by atoms with van der Waals surface area (Å²) in [5.41, 5.74) is 0. The van der Waals surface area contributed by atoms with Gasteiger partial charge in [-0.2, -0.15) is 0 Å². The summed E-state index contributed by atoms with van der Waals surface area (Å²) in [6, 6.07) is 9.97. The van der Waals surface area contributed by atoms with Crippen molar-refractivity contribution >= 4 is 22.6 Å². The lowest BCUT2D eigenvalue weighted by Crippen LogP contribution is -2.31. The largest absolute Gasteiger partial charge is 0.468 e. The van der Waals surface area contributed by atoms with Gasteiger partial charge < -0.3 is 9.64 Å². The van der Waals surface area contributed by atoms with Crippen molar-refractivity contribution in [3.05, 3.63) is 36.5 Å². The number of carbonyl (C=O) groups is 1. The number of pyridine rings is 1. The van der Waals surface area contributed by atoms with Crippen molar-refractivity contribution in [2.75, 3.05) is 25.1 Å². The molecule has 0 radical (unpaired) electrons. The van der Waals surface area contributed by atoms with Crippen LogP contribution in [0.5, 0.6) is 0 Å². The third-order valence-corrected chi connectivity index (χ3v) is 2.88. The Hall–Kier alpha value is -2.10. The van der Waals surface area contributed by atoms with Gasteiger partial charge in [0, 0.05) is 18.1 Å². The van der Waals surface area contributed by atoms with Crippen LogP contribution in [0.15, 0.2) is 36.5 Å². The minimum Gasteiger partial charge on any atom is -0.468 e. The summed E-state index contributed by atoms with van der Waals surface area (Å²) >= 11 is 0. The maximum atomic E-state index is 11.4. The normalized spacial score (nSPS) is 10.3. The quantitative estimate of drug-likeness (QED) is 0.773. The summed E-state index contributed by atoms with van der Waals surface area (Å²) in [5.74, 6) is 0.563. The second-order valence-electron chi connectivity index (χ2n) is 3.95. The number of nitrogens with zero attached hydrogens (tertiary/aromatic N) is 2. The third kappa shape index (κ3) is 2.42. The lowest BCUT2D eigenvalue weighted by atomic mass is 10.1. The van der Waals surface area contributed by atoms with E-state index < -0.39 is 0 Å². The number of esters is 1. The highest BCUT2D eigenvalue weighted by atomic mass is 16.5. The Bertz CT molecular complexity index is 549. The fourth-order valence-corrected chi connectivity index (χ4v) is 1.91. The van der Waals surface area contributed by atoms with Gasteiger partial charge in [-0.05, 0) is 18.4 Å². The van der Waals surface area contributed by atoms with Crippen molar-refractivity contribution in [2.24, 2.45) is 0 Å². The van der Waals surface area contributed by atoms with E-state index in [0.717, 1.165) is 16.6 Å². The molecule has 1 aromatic heterocycles. The van der Waals surface area contributed by atoms with Crippen LogP contribution in [0.3, 0.4) is 0 Å². The second kappa shape index (κ2) is 5.49. The Kier molecular flexibility index (Phi) is 3.77. The summed E-state index contributed by atoms with van der Waals surface area (Å²) < 4.78 is 4.71. The summed E-state index contributed by atoms with van der Waals surface area (Å²) in [6.07, 6.45) is 1.76. The zero-order chi connectivity index (χ0) is 13.0. The van der Waals surface area contributed by atoms with Gasteiger partial charge in [0.25, 0.3) is 0 Å². The van der Waals surface area contributed by atoms with E-state index in [2.05, 4.69) is 4.98 Å². The third-order valence-electron chi connectivity index (χ3n) is 2.88. The van der Waals surface area contributed by atoms with Crippen LogP contribution < -0.4 is 4.90 Å². The first-order valence-corrected chi connectivity index (χ1v) is 5.91. The van der Waals surface area contributed by atoms with Crippen LogP contribution in [0, 0.1) is 0 Å². The highest BCUT2D eigenvalue weighted by molar-refractivity contribution is 5.93. The van der Waals surface area contributed by atoms with Gasteiger partial charge in [-0.3, -0.25) is 4.79 Å². The average Bonchev–Trinajstić information content (AvgIpc) is 2.44. The number of methoxy groups -OCH3 is 1. The summed E-state index contributed by atoms with van der Waals surface area (Å²) in [4.78, 5) is 17.7. The molecule has 94 valence electrons. The van der Waals surface area contributed by atoms with E-state index in [1.807, 2.05) is 42.2 Å². The van der Waals surface area contributed by atoms with E-state index in [1.54, 1.807) is 6.20 Å². The molecule has 0 N–H and O–H groups in total. The van der Waals surface area contributed by atoms with Crippen molar-refractivity contribution in [3.8, 4) is 0 Å². The van der Waals surface area contributed by atoms with Gasteiger partial charge in [0.05, 0.1) is 7.11 Å². The van der Waals surface area contributed by atoms with Gasteiger partial charge in [-0.25, -0.2) is 4.98 Å². The minimum absolute atomic E-state index is 0.216. The van der Waals surface area contributed by atoms with Gasteiger partial charge in [0.15, 0.2) is 0 Å². The van der Waals surface area contributed by atoms with E-state index in [4.69, 9.17) is 4.74 Å². The maximum absolute atomic E-state index is 11.4. The van der Waals surface area contributed by atoms with E-state index in [1.165, 1.54) is 7.11 Å². The fraction of sp³-hybridized carbons (Fsp3) is 0.286. The Morgan fingerprint density at radius 3 is 2.83 bits per heavy atom. The molecule has 0 bridgehead atoms. The van der Waals surface area contributed by atoms with Gasteiger partial charge in [-0.15, -0.1) is 0 Å². The van der Waals surface area contributed by atoms with Crippen LogP contribution in [0.4, 0.5) is 5.82 Å². The van der Waals surface area contributed by atoms with Crippen LogP contribution in [-0.2, 0) is 9.53 Å². The number of anilines is 1. The second-order valence-corrected chi connectivity index (χ2v) is 3.95. The molecule has 0 saturated carbocycles. The monoisotopic (exact) mass is 244 g/mol. The molecule has 0 unspecified atom stereocenters. The van der Waals surface area contributed by atoms with Crippen LogP contribution in [0.1, 0.15) is 6.92 Å². The van der Waals surface area contributed by atoms with Crippen LogP contribution in [-0.4, -0.2) is 31.2 Å². The van der Waals surface area contributed by atoms with Crippen molar-refractivity contribution in [2.45, 2.75) is 6.92 Å². The number of fused-ring (bicyclic) bond motifs is 1. The molecular weight excluding hydrogens is 228 g/mol. The average molecular weight is 244 g/mol. The first-order chi connectivity index (χ1) is 8.76. The molecule has 1 heterocycles. The lowest BCUT2D eigenvalue weighted by molar-refractivity contribution is -0.138. The Balaban J connectivity index is 2.41. The number of ether oxygens (including phenoxy) is 1. The lowest BCUT2D eigenvalue weighted by Gasteiger charge is -2.21. The van der Waals surface area contributed by atoms with Crippen molar-refractivity contribution in [3.63, 3.8) is 0 Å². The van der Waals surface area contributed by atoms with Crippen LogP contribution in [0.25, 0.3) is 10.8 Å². The Morgan fingerprint density at radius 2 is 2.11 bits per heavy atom. The Morgan fingerprint density at radius 1 is 1.33 bits per heavy atom. The van der Waals surface area contributed by atoms with E-state index in [0.29, 0.717) is 6.54 Å². The SMILES string of the molecule is CCN(CC(=O)OC)c1nccc2ccccc12. The summed E-state index contributed by atoms with van der Waals surface area (Å²) in [5, 5.41) is 2.16. The zero-order valence-corrected chi connectivity index (χ0v) is 10.6. The number of rotatable bonds is 4. The topological polar surface area (TPSA) is 42.4 Å². The maximum Gasteiger partial charge on any atom is 0.325 e. The molecule has 0 fully saturated rings. The number of carbonyl (C=O) groups excluding carboxylic acids is 1. The van der Waals surface area contributed by atoms with Crippen molar-refractivity contribution in [1.82, 2.24) is 4.98 Å². The highest BCUT2D eigenvalue weighted by Gasteiger charge is 2.13. The van der Waals surface area contributed by atoms with Crippen molar-refractivity contribution < 1.29 is 9.53 Å². The zero-order valence-electron chi connectivity index (χ0n) is 10.6. The van der Waals surface area contributed by atoms with Crippen LogP contribution in [0.2, 0.25) is 0 Å². The highest BCUT2D eigenvalue weighted by Crippen LogP contribution is 2.23. The molecule has 2 aromatic rings. The van der Waals surface area contributed by atoms with Gasteiger partial charge >= 0.3 is 5.97 Å². The Labute approximate surface area is 106 Å². The predicted molar refractivity (Wildman–Crippen MR) is 71.6 cm³/mol. The molecule has 0 saturated heterocycles. The van der Waals surface area contributed by atoms with Gasteiger partial charge in [-0.1, -0.05) is 24.3 Å². The predicted octanol–water partition coefficient (Wildman–Crippen LogP) is 2.23. The van der Waals surface area contributed by atoms with Crippen molar-refractivity contribution in [1.29, 1.82) is 0 Å². The molecule has 0 amide bonds. The number of hydrogen-bond donors (Lipinski definition) is 0. The number of aromatic nitrogens is 1. The van der Waals surface area contributed by atoms with E-state index in [-0.39, 0.29) is 12.5 Å². The number of benzene rings is 1. The summed E-state index contributed by atoms with van der Waals surface area (Å²) in [7, 11) is 1.40. The number of hydrogen-bond acceptors (Lipinski definition) is 4. The molecular formula is C14H16N2O2. The fourth-order valence-electron chi connectivity index (χ4n) is 1.91. The molecule has 0 aliphatic carbocycles.